The fourth-order valence-electron chi connectivity index (χ4n) is 1.40. The molecule has 0 bridgehead atoms. The van der Waals surface area contributed by atoms with Crippen molar-refractivity contribution in [2.75, 3.05) is 25.0 Å². The molecule has 1 aliphatic heterocycles. The van der Waals surface area contributed by atoms with Gasteiger partial charge in [-0.3, -0.25) is 0 Å². The fraction of sp³-hybridized carbons (Fsp3) is 0.500. The topological polar surface area (TPSA) is 52.0 Å². The molecule has 16 heavy (non-hydrogen) atoms. The van der Waals surface area contributed by atoms with Crippen molar-refractivity contribution in [3.05, 3.63) is 23.9 Å². The Morgan fingerprint density at radius 3 is 2.50 bits per heavy atom. The summed E-state index contributed by atoms with van der Waals surface area (Å²) in [5.74, 6) is 0.926. The fourth-order valence-corrected chi connectivity index (χ4v) is 1.40. The third-order valence-electron chi connectivity index (χ3n) is 2.55. The van der Waals surface area contributed by atoms with Crippen molar-refractivity contribution in [1.29, 1.82) is 5.26 Å². The highest BCUT2D eigenvalue weighted by Crippen LogP contribution is 2.14. The molecule has 1 aromatic rings. The van der Waals surface area contributed by atoms with Crippen LogP contribution >= 0.6 is 0 Å². The van der Waals surface area contributed by atoms with Gasteiger partial charge in [-0.25, -0.2) is 4.98 Å². The van der Waals surface area contributed by atoms with Crippen LogP contribution in [-0.4, -0.2) is 31.2 Å². The Labute approximate surface area is 96.9 Å². The number of pyridine rings is 1. The van der Waals surface area contributed by atoms with Gasteiger partial charge in [0.05, 0.1) is 11.6 Å². The number of hydrogen-bond donors (Lipinski definition) is 1. The summed E-state index contributed by atoms with van der Waals surface area (Å²) in [6.45, 7) is 6.02. The first-order valence-electron chi connectivity index (χ1n) is 5.61. The van der Waals surface area contributed by atoms with Gasteiger partial charge in [-0.1, -0.05) is 13.8 Å². The molecule has 4 nitrogen and oxygen atoms in total. The average molecular weight is 218 g/mol. The van der Waals surface area contributed by atoms with Crippen LogP contribution in [0.3, 0.4) is 0 Å². The van der Waals surface area contributed by atoms with Crippen LogP contribution < -0.4 is 10.2 Å². The van der Waals surface area contributed by atoms with Crippen LogP contribution in [0.25, 0.3) is 0 Å². The van der Waals surface area contributed by atoms with Gasteiger partial charge in [0.15, 0.2) is 0 Å². The van der Waals surface area contributed by atoms with E-state index in [0.29, 0.717) is 11.6 Å². The van der Waals surface area contributed by atoms with Crippen molar-refractivity contribution in [3.63, 3.8) is 0 Å². The second-order valence-corrected chi connectivity index (χ2v) is 3.44. The number of nitriles is 1. The third kappa shape index (κ3) is 2.71. The van der Waals surface area contributed by atoms with Crippen LogP contribution in [0.15, 0.2) is 18.3 Å². The number of aromatic nitrogens is 1. The maximum Gasteiger partial charge on any atom is 0.128 e. The van der Waals surface area contributed by atoms with Crippen LogP contribution in [0.1, 0.15) is 19.4 Å². The van der Waals surface area contributed by atoms with Gasteiger partial charge in [-0.15, -0.1) is 0 Å². The van der Waals surface area contributed by atoms with Crippen LogP contribution in [0.2, 0.25) is 0 Å². The van der Waals surface area contributed by atoms with E-state index in [0.717, 1.165) is 18.9 Å². The first-order valence-corrected chi connectivity index (χ1v) is 5.61. The van der Waals surface area contributed by atoms with Crippen LogP contribution in [-0.2, 0) is 0 Å². The molecule has 0 saturated carbocycles. The summed E-state index contributed by atoms with van der Waals surface area (Å²) in [7, 11) is 2.03. The van der Waals surface area contributed by atoms with Gasteiger partial charge in [0.2, 0.25) is 0 Å². The van der Waals surface area contributed by atoms with Gasteiger partial charge in [0.1, 0.15) is 11.9 Å². The largest absolute Gasteiger partial charge is 0.354 e. The Hall–Kier alpha value is -1.60. The predicted octanol–water partition coefficient (Wildman–Crippen LogP) is 1.39. The number of likely N-dealkylation sites (N-methyl/N-ethyl adjacent to an activating group) is 1. The van der Waals surface area contributed by atoms with E-state index in [1.54, 1.807) is 12.3 Å². The van der Waals surface area contributed by atoms with Crippen molar-refractivity contribution in [2.45, 2.75) is 19.9 Å². The minimum absolute atomic E-state index is 0.537. The van der Waals surface area contributed by atoms with Crippen LogP contribution in [0, 0.1) is 11.3 Å². The van der Waals surface area contributed by atoms with Gasteiger partial charge in [-0.05, 0) is 12.1 Å². The molecule has 0 unspecified atom stereocenters. The second kappa shape index (κ2) is 6.09. The Morgan fingerprint density at radius 2 is 2.12 bits per heavy atom. The number of rotatable bonds is 2. The lowest BCUT2D eigenvalue weighted by Gasteiger charge is -2.36. The van der Waals surface area contributed by atoms with Crippen molar-refractivity contribution < 1.29 is 0 Å². The summed E-state index contributed by atoms with van der Waals surface area (Å²) in [5, 5.41) is 11.8. The monoisotopic (exact) mass is 218 g/mol. The Bertz CT molecular complexity index is 348. The third-order valence-corrected chi connectivity index (χ3v) is 2.55. The summed E-state index contributed by atoms with van der Waals surface area (Å²) in [4.78, 5) is 6.36. The van der Waals surface area contributed by atoms with E-state index in [9.17, 15) is 0 Å². The van der Waals surface area contributed by atoms with E-state index >= 15 is 0 Å². The molecular weight excluding hydrogens is 200 g/mol. The Morgan fingerprint density at radius 1 is 1.44 bits per heavy atom. The van der Waals surface area contributed by atoms with Crippen molar-refractivity contribution in [1.82, 2.24) is 10.3 Å². The molecule has 2 heterocycles. The Balaban J connectivity index is 0.000000606. The highest BCUT2D eigenvalue weighted by molar-refractivity contribution is 5.42. The smallest absolute Gasteiger partial charge is 0.128 e. The SMILES string of the molecule is CC.CN(c1ccc(C#N)cn1)C1CNC1. The van der Waals surface area contributed by atoms with Crippen molar-refractivity contribution >= 4 is 5.82 Å². The van der Waals surface area contributed by atoms with Gasteiger partial charge in [-0.2, -0.15) is 5.26 Å². The lowest BCUT2D eigenvalue weighted by molar-refractivity contribution is 0.427. The highest BCUT2D eigenvalue weighted by atomic mass is 15.2. The van der Waals surface area contributed by atoms with Gasteiger partial charge in [0, 0.05) is 26.3 Å². The lowest BCUT2D eigenvalue weighted by atomic mass is 10.1. The van der Waals surface area contributed by atoms with Gasteiger partial charge < -0.3 is 10.2 Å². The zero-order valence-electron chi connectivity index (χ0n) is 10.1. The number of anilines is 1. The number of hydrogen-bond acceptors (Lipinski definition) is 4. The van der Waals surface area contributed by atoms with Crippen molar-refractivity contribution in [2.24, 2.45) is 0 Å². The zero-order valence-corrected chi connectivity index (χ0v) is 10.1. The van der Waals surface area contributed by atoms with E-state index in [2.05, 4.69) is 21.3 Å². The minimum atomic E-state index is 0.537. The summed E-state index contributed by atoms with van der Waals surface area (Å²) in [5.41, 5.74) is 0.605. The quantitative estimate of drug-likeness (QED) is 0.815. The van der Waals surface area contributed by atoms with E-state index in [4.69, 9.17) is 5.26 Å². The van der Waals surface area contributed by atoms with E-state index < -0.39 is 0 Å². The van der Waals surface area contributed by atoms with Crippen molar-refractivity contribution in [3.8, 4) is 6.07 Å². The Kier molecular flexibility index (Phi) is 4.74. The average Bonchev–Trinajstić information content (AvgIpc) is 2.29. The molecule has 1 N–H and O–H groups in total. The molecule has 1 aromatic heterocycles. The molecule has 2 rings (SSSR count). The molecule has 0 spiro atoms. The highest BCUT2D eigenvalue weighted by Gasteiger charge is 2.22. The molecule has 0 amide bonds. The van der Waals surface area contributed by atoms with E-state index in [1.807, 2.05) is 27.0 Å². The normalized spacial score (nSPS) is 14.1. The summed E-state index contributed by atoms with van der Waals surface area (Å²) in [6.07, 6.45) is 1.61. The molecule has 86 valence electrons. The molecule has 0 atom stereocenters. The van der Waals surface area contributed by atoms with Crippen LogP contribution in [0.4, 0.5) is 5.82 Å². The molecule has 1 saturated heterocycles. The standard InChI is InChI=1S/C10H12N4.C2H6/c1-14(9-6-12-7-9)10-3-2-8(4-11)5-13-10;1-2/h2-3,5,9,12H,6-7H2,1H3;1-2H3. The van der Waals surface area contributed by atoms with Gasteiger partial charge >= 0.3 is 0 Å². The summed E-state index contributed by atoms with van der Waals surface area (Å²) in [6, 6.07) is 6.28. The summed E-state index contributed by atoms with van der Waals surface area (Å²) < 4.78 is 0. The van der Waals surface area contributed by atoms with Crippen LogP contribution in [0.5, 0.6) is 0 Å². The molecule has 1 aliphatic rings. The maximum atomic E-state index is 8.62. The maximum absolute atomic E-state index is 8.62. The lowest BCUT2D eigenvalue weighted by Crippen LogP contribution is -2.56. The minimum Gasteiger partial charge on any atom is -0.354 e. The molecule has 0 aromatic carbocycles. The van der Waals surface area contributed by atoms with E-state index in [1.165, 1.54) is 0 Å². The molecule has 1 fully saturated rings. The van der Waals surface area contributed by atoms with E-state index in [-0.39, 0.29) is 0 Å². The summed E-state index contributed by atoms with van der Waals surface area (Å²) >= 11 is 0. The zero-order chi connectivity index (χ0) is 12.0. The molecule has 0 radical (unpaired) electrons. The number of nitrogens with zero attached hydrogens (tertiary/aromatic N) is 3. The molecule has 0 aliphatic carbocycles. The molecular formula is C12H18N4. The predicted molar refractivity (Wildman–Crippen MR) is 65.4 cm³/mol. The number of nitrogens with one attached hydrogen (secondary N) is 1. The second-order valence-electron chi connectivity index (χ2n) is 3.44. The first-order chi connectivity index (χ1) is 7.81. The first kappa shape index (κ1) is 12.5. The van der Waals surface area contributed by atoms with Gasteiger partial charge in [0.25, 0.3) is 0 Å². The molecule has 4 heteroatoms.